The van der Waals surface area contributed by atoms with E-state index in [1.807, 2.05) is 13.0 Å². The molecule has 8 heteroatoms. The predicted octanol–water partition coefficient (Wildman–Crippen LogP) is 4.76. The van der Waals surface area contributed by atoms with Crippen LogP contribution in [0.2, 0.25) is 0 Å². The van der Waals surface area contributed by atoms with Gasteiger partial charge in [-0.1, -0.05) is 25.1 Å². The Morgan fingerprint density at radius 2 is 2.00 bits per heavy atom. The number of fused-ring (bicyclic) bond motifs is 1. The number of Topliss-reactive ketones (excluding diaryl/α,β-unsaturated/α-hetero) is 1. The van der Waals surface area contributed by atoms with Gasteiger partial charge in [-0.15, -0.1) is 11.3 Å². The number of carboxylic acids is 1. The maximum atomic E-state index is 14.4. The number of ether oxygens (including phenoxy) is 1. The van der Waals surface area contributed by atoms with Crippen molar-refractivity contribution >= 4 is 29.1 Å². The lowest BCUT2D eigenvalue weighted by atomic mass is 9.95. The van der Waals surface area contributed by atoms with Crippen molar-refractivity contribution in [2.45, 2.75) is 58.5 Å². The normalized spacial score (nSPS) is 16.3. The third-order valence-electron chi connectivity index (χ3n) is 5.40. The fraction of sp³-hybridized carbons (Fsp3) is 0.458. The predicted molar refractivity (Wildman–Crippen MR) is 119 cm³/mol. The van der Waals surface area contributed by atoms with Gasteiger partial charge in [0.25, 0.3) is 0 Å². The highest BCUT2D eigenvalue weighted by Crippen LogP contribution is 2.41. The van der Waals surface area contributed by atoms with Gasteiger partial charge in [0.05, 0.1) is 6.04 Å². The monoisotopic (exact) mass is 461 g/mol. The molecule has 2 heterocycles. The van der Waals surface area contributed by atoms with E-state index in [1.165, 1.54) is 29.2 Å². The lowest BCUT2D eigenvalue weighted by molar-refractivity contribution is -0.137. The van der Waals surface area contributed by atoms with Crippen molar-refractivity contribution in [1.82, 2.24) is 4.90 Å². The van der Waals surface area contributed by atoms with Gasteiger partial charge in [-0.2, -0.15) is 0 Å². The molecule has 1 fully saturated rings. The SMILES string of the molecule is CC(=O)Oc1cc2c(s1)CCN(C(C(=O)C1CC1)c1ccccc1F)C2.CCCC(=O)O. The van der Waals surface area contributed by atoms with E-state index in [0.717, 1.165) is 31.2 Å². The number of ketones is 1. The molecule has 1 N–H and O–H groups in total. The van der Waals surface area contributed by atoms with Crippen molar-refractivity contribution in [3.63, 3.8) is 0 Å². The summed E-state index contributed by atoms with van der Waals surface area (Å²) in [6.45, 7) is 4.47. The van der Waals surface area contributed by atoms with Crippen LogP contribution in [-0.4, -0.2) is 34.3 Å². The van der Waals surface area contributed by atoms with Gasteiger partial charge in [0.1, 0.15) is 5.82 Å². The minimum atomic E-state index is -0.711. The second-order valence-electron chi connectivity index (χ2n) is 8.07. The third kappa shape index (κ3) is 6.23. The van der Waals surface area contributed by atoms with E-state index < -0.39 is 12.0 Å². The number of nitrogens with zero attached hydrogens (tertiary/aromatic N) is 1. The van der Waals surface area contributed by atoms with E-state index in [4.69, 9.17) is 9.84 Å². The summed E-state index contributed by atoms with van der Waals surface area (Å²) in [5, 5.41) is 8.50. The van der Waals surface area contributed by atoms with Crippen molar-refractivity contribution in [3.05, 3.63) is 52.2 Å². The maximum Gasteiger partial charge on any atom is 0.308 e. The quantitative estimate of drug-likeness (QED) is 0.599. The molecular weight excluding hydrogens is 433 g/mol. The van der Waals surface area contributed by atoms with Gasteiger partial charge in [0, 0.05) is 42.8 Å². The number of aliphatic carboxylic acids is 1. The Hall–Kier alpha value is -2.58. The van der Waals surface area contributed by atoms with Crippen molar-refractivity contribution in [2.24, 2.45) is 5.92 Å². The summed E-state index contributed by atoms with van der Waals surface area (Å²) in [7, 11) is 0. The number of rotatable bonds is 7. The molecule has 1 aromatic heterocycles. The molecule has 0 radical (unpaired) electrons. The van der Waals surface area contributed by atoms with Crippen LogP contribution in [0.15, 0.2) is 30.3 Å². The van der Waals surface area contributed by atoms with Crippen molar-refractivity contribution in [1.29, 1.82) is 0 Å². The van der Waals surface area contributed by atoms with Crippen LogP contribution >= 0.6 is 11.3 Å². The van der Waals surface area contributed by atoms with Gasteiger partial charge in [0.15, 0.2) is 10.8 Å². The first kappa shape index (κ1) is 24.1. The molecule has 1 unspecified atom stereocenters. The average molecular weight is 462 g/mol. The zero-order valence-corrected chi connectivity index (χ0v) is 19.1. The van der Waals surface area contributed by atoms with Crippen molar-refractivity contribution < 1.29 is 28.6 Å². The first-order valence-electron chi connectivity index (χ1n) is 10.8. The minimum absolute atomic E-state index is 0.0556. The van der Waals surface area contributed by atoms with Crippen molar-refractivity contribution in [2.75, 3.05) is 6.54 Å². The molecule has 1 aromatic carbocycles. The Bertz CT molecular complexity index is 985. The van der Waals surface area contributed by atoms with Gasteiger partial charge in [-0.25, -0.2) is 4.39 Å². The second-order valence-corrected chi connectivity index (χ2v) is 9.17. The number of hydrogen-bond acceptors (Lipinski definition) is 6. The molecule has 2 aromatic rings. The number of hydrogen-bond donors (Lipinski definition) is 1. The molecule has 2 aliphatic rings. The van der Waals surface area contributed by atoms with Crippen LogP contribution in [0.1, 0.15) is 61.6 Å². The standard InChI is InChI=1S/C20H20FNO3S.C4H8O2/c1-12(23)25-18-10-14-11-22(9-8-17(14)26-18)19(20(24)13-6-7-13)15-4-2-3-5-16(15)21;1-2-3-4(5)6/h2-5,10,13,19H,6-9,11H2,1H3;2-3H2,1H3,(H,5,6). The van der Waals surface area contributed by atoms with Gasteiger partial charge >= 0.3 is 11.9 Å². The summed E-state index contributed by atoms with van der Waals surface area (Å²) in [6.07, 6.45) is 3.59. The molecule has 0 bridgehead atoms. The van der Waals surface area contributed by atoms with Gasteiger partial charge in [-0.05, 0) is 43.4 Å². The van der Waals surface area contributed by atoms with Crippen molar-refractivity contribution in [3.8, 4) is 5.06 Å². The zero-order valence-electron chi connectivity index (χ0n) is 18.3. The van der Waals surface area contributed by atoms with Crippen LogP contribution in [0.3, 0.4) is 0 Å². The van der Waals surface area contributed by atoms with Crippen LogP contribution < -0.4 is 4.74 Å². The van der Waals surface area contributed by atoms with Gasteiger partial charge in [-0.3, -0.25) is 19.3 Å². The van der Waals surface area contributed by atoms with Gasteiger partial charge < -0.3 is 9.84 Å². The average Bonchev–Trinajstić information content (AvgIpc) is 3.50. The highest BCUT2D eigenvalue weighted by molar-refractivity contribution is 7.14. The molecule has 1 aliphatic carbocycles. The summed E-state index contributed by atoms with van der Waals surface area (Å²) >= 11 is 1.47. The number of carbonyl (C=O) groups is 3. The summed E-state index contributed by atoms with van der Waals surface area (Å²) in [5.41, 5.74) is 1.52. The number of benzene rings is 1. The largest absolute Gasteiger partial charge is 0.481 e. The lowest BCUT2D eigenvalue weighted by Crippen LogP contribution is -2.38. The van der Waals surface area contributed by atoms with Crippen LogP contribution in [0.5, 0.6) is 5.06 Å². The summed E-state index contributed by atoms with van der Waals surface area (Å²) in [5.74, 6) is -1.21. The number of thiophene rings is 1. The molecule has 32 heavy (non-hydrogen) atoms. The number of halogens is 1. The smallest absolute Gasteiger partial charge is 0.308 e. The van der Waals surface area contributed by atoms with E-state index in [1.54, 1.807) is 18.2 Å². The third-order valence-corrected chi connectivity index (χ3v) is 6.51. The van der Waals surface area contributed by atoms with E-state index in [-0.39, 0.29) is 23.5 Å². The number of carbonyl (C=O) groups excluding carboxylic acids is 2. The first-order valence-corrected chi connectivity index (χ1v) is 11.7. The van der Waals surface area contributed by atoms with E-state index in [2.05, 4.69) is 4.90 Å². The fourth-order valence-corrected chi connectivity index (χ4v) is 4.82. The molecule has 0 spiro atoms. The Morgan fingerprint density at radius 1 is 1.28 bits per heavy atom. The molecule has 172 valence electrons. The zero-order chi connectivity index (χ0) is 23.3. The number of carboxylic acid groups (broad SMARTS) is 1. The minimum Gasteiger partial charge on any atom is -0.481 e. The summed E-state index contributed by atoms with van der Waals surface area (Å²) in [4.78, 5) is 37.0. The first-order chi connectivity index (χ1) is 15.3. The summed E-state index contributed by atoms with van der Waals surface area (Å²) in [6, 6.07) is 7.89. The van der Waals surface area contributed by atoms with E-state index >= 15 is 0 Å². The fourth-order valence-electron chi connectivity index (χ4n) is 3.77. The molecule has 0 saturated heterocycles. The molecule has 4 rings (SSSR count). The molecule has 1 aliphatic heterocycles. The van der Waals surface area contributed by atoms with Crippen LogP contribution in [-0.2, 0) is 27.3 Å². The van der Waals surface area contributed by atoms with Gasteiger partial charge in [0.2, 0.25) is 0 Å². The van der Waals surface area contributed by atoms with E-state index in [0.29, 0.717) is 30.1 Å². The molecule has 0 amide bonds. The van der Waals surface area contributed by atoms with Crippen LogP contribution in [0.4, 0.5) is 4.39 Å². The maximum absolute atomic E-state index is 14.4. The van der Waals surface area contributed by atoms with E-state index in [9.17, 15) is 18.8 Å². The van der Waals surface area contributed by atoms with Crippen LogP contribution in [0, 0.1) is 11.7 Å². The van der Waals surface area contributed by atoms with Crippen LogP contribution in [0.25, 0.3) is 0 Å². The highest BCUT2D eigenvalue weighted by Gasteiger charge is 2.40. The Labute approximate surface area is 191 Å². The second kappa shape index (κ2) is 10.8. The Balaban J connectivity index is 0.000000427. The Morgan fingerprint density at radius 3 is 2.56 bits per heavy atom. The topological polar surface area (TPSA) is 83.9 Å². The molecular formula is C24H28FNO5S. The Kier molecular flexibility index (Phi) is 8.15. The lowest BCUT2D eigenvalue weighted by Gasteiger charge is -2.34. The molecule has 1 saturated carbocycles. The number of esters is 1. The summed E-state index contributed by atoms with van der Waals surface area (Å²) < 4.78 is 19.6. The molecule has 6 nitrogen and oxygen atoms in total. The molecule has 1 atom stereocenters. The highest BCUT2D eigenvalue weighted by atomic mass is 32.1.